The molecule has 0 bridgehead atoms. The Bertz CT molecular complexity index is 519. The summed E-state index contributed by atoms with van der Waals surface area (Å²) in [7, 11) is 4.25. The molecule has 0 saturated heterocycles. The van der Waals surface area contributed by atoms with Crippen LogP contribution in [0.3, 0.4) is 0 Å². The zero-order valence-corrected chi connectivity index (χ0v) is 12.2. The van der Waals surface area contributed by atoms with Crippen molar-refractivity contribution in [1.82, 2.24) is 10.2 Å². The van der Waals surface area contributed by atoms with Crippen LogP contribution in [-0.4, -0.2) is 32.1 Å². The molecule has 1 atom stereocenters. The molecule has 0 aromatic heterocycles. The van der Waals surface area contributed by atoms with Crippen LogP contribution in [0, 0.1) is 0 Å². The van der Waals surface area contributed by atoms with E-state index >= 15 is 0 Å². The molecule has 0 fully saturated rings. The van der Waals surface area contributed by atoms with Crippen LogP contribution in [0.15, 0.2) is 42.5 Å². The highest BCUT2D eigenvalue weighted by atomic mass is 15.1. The fourth-order valence-electron chi connectivity index (χ4n) is 2.40. The highest BCUT2D eigenvalue weighted by Gasteiger charge is 2.11. The van der Waals surface area contributed by atoms with Gasteiger partial charge in [-0.25, -0.2) is 0 Å². The van der Waals surface area contributed by atoms with Gasteiger partial charge < -0.3 is 10.2 Å². The molecule has 0 aliphatic heterocycles. The first-order valence-corrected chi connectivity index (χ1v) is 7.07. The number of rotatable bonds is 6. The molecule has 2 aromatic rings. The molecule has 0 spiro atoms. The smallest absolute Gasteiger partial charge is 0.0449 e. The number of fused-ring (bicyclic) bond motifs is 1. The third kappa shape index (κ3) is 3.79. The van der Waals surface area contributed by atoms with E-state index in [4.69, 9.17) is 0 Å². The van der Waals surface area contributed by atoms with Crippen molar-refractivity contribution >= 4 is 10.8 Å². The Balaban J connectivity index is 2.26. The summed E-state index contributed by atoms with van der Waals surface area (Å²) in [5, 5.41) is 6.27. The van der Waals surface area contributed by atoms with Crippen molar-refractivity contribution < 1.29 is 0 Å². The molecule has 2 rings (SSSR count). The summed E-state index contributed by atoms with van der Waals surface area (Å²) >= 11 is 0. The molecule has 0 aliphatic carbocycles. The van der Waals surface area contributed by atoms with Crippen LogP contribution in [0.4, 0.5) is 0 Å². The van der Waals surface area contributed by atoms with Crippen LogP contribution < -0.4 is 5.32 Å². The lowest BCUT2D eigenvalue weighted by Crippen LogP contribution is -2.31. The second-order valence-electron chi connectivity index (χ2n) is 5.38. The Labute approximate surface area is 116 Å². The molecule has 1 N–H and O–H groups in total. The molecular formula is C17H24N2. The zero-order chi connectivity index (χ0) is 13.7. The Hall–Kier alpha value is -1.38. The van der Waals surface area contributed by atoms with Gasteiger partial charge in [0.05, 0.1) is 0 Å². The summed E-state index contributed by atoms with van der Waals surface area (Å²) in [6.45, 7) is 4.30. The molecule has 2 nitrogen and oxygen atoms in total. The van der Waals surface area contributed by atoms with E-state index < -0.39 is 0 Å². The number of nitrogens with zero attached hydrogens (tertiary/aromatic N) is 1. The van der Waals surface area contributed by atoms with Crippen molar-refractivity contribution in [2.24, 2.45) is 0 Å². The molecule has 102 valence electrons. The van der Waals surface area contributed by atoms with E-state index in [2.05, 4.69) is 73.7 Å². The average Bonchev–Trinajstić information content (AvgIpc) is 2.42. The number of hydrogen-bond donors (Lipinski definition) is 1. The second kappa shape index (κ2) is 6.69. The monoisotopic (exact) mass is 256 g/mol. The number of nitrogens with one attached hydrogen (secondary N) is 1. The van der Waals surface area contributed by atoms with Crippen LogP contribution in [0.2, 0.25) is 0 Å². The minimum absolute atomic E-state index is 0.402. The van der Waals surface area contributed by atoms with E-state index in [-0.39, 0.29) is 0 Å². The van der Waals surface area contributed by atoms with Crippen molar-refractivity contribution in [2.45, 2.75) is 19.4 Å². The summed E-state index contributed by atoms with van der Waals surface area (Å²) in [5.41, 5.74) is 1.38. The first kappa shape index (κ1) is 14.0. The summed E-state index contributed by atoms with van der Waals surface area (Å²) < 4.78 is 0. The van der Waals surface area contributed by atoms with Gasteiger partial charge in [-0.2, -0.15) is 0 Å². The van der Waals surface area contributed by atoms with Crippen molar-refractivity contribution in [3.8, 4) is 0 Å². The summed E-state index contributed by atoms with van der Waals surface area (Å²) in [4.78, 5) is 2.24. The highest BCUT2D eigenvalue weighted by Crippen LogP contribution is 2.21. The average molecular weight is 256 g/mol. The van der Waals surface area contributed by atoms with Crippen LogP contribution in [-0.2, 0) is 0 Å². The van der Waals surface area contributed by atoms with Gasteiger partial charge in [-0.15, -0.1) is 0 Å². The van der Waals surface area contributed by atoms with Gasteiger partial charge in [0.2, 0.25) is 0 Å². The van der Waals surface area contributed by atoms with Gasteiger partial charge in [-0.3, -0.25) is 0 Å². The lowest BCUT2D eigenvalue weighted by molar-refractivity contribution is 0.342. The van der Waals surface area contributed by atoms with Crippen molar-refractivity contribution in [1.29, 1.82) is 0 Å². The highest BCUT2D eigenvalue weighted by molar-refractivity contribution is 5.83. The van der Waals surface area contributed by atoms with Crippen LogP contribution in [0.5, 0.6) is 0 Å². The molecule has 0 aliphatic rings. The molecular weight excluding hydrogens is 232 g/mol. The minimum atomic E-state index is 0.402. The summed E-state index contributed by atoms with van der Waals surface area (Å²) in [6, 6.07) is 15.7. The standard InChI is InChI=1S/C17H24N2/c1-4-11-18-17(13-19(2)3)16-10-9-14-7-5-6-8-15(14)12-16/h5-10,12,17-18H,4,11,13H2,1-3H3. The second-order valence-corrected chi connectivity index (χ2v) is 5.38. The zero-order valence-electron chi connectivity index (χ0n) is 12.2. The van der Waals surface area contributed by atoms with Gasteiger partial charge in [0.25, 0.3) is 0 Å². The van der Waals surface area contributed by atoms with E-state index in [0.717, 1.165) is 19.5 Å². The minimum Gasteiger partial charge on any atom is -0.309 e. The topological polar surface area (TPSA) is 15.3 Å². The predicted octanol–water partition coefficient (Wildman–Crippen LogP) is 3.44. The van der Waals surface area contributed by atoms with Gasteiger partial charge in [-0.1, -0.05) is 43.3 Å². The van der Waals surface area contributed by atoms with Crippen molar-refractivity contribution in [3.05, 3.63) is 48.0 Å². The largest absolute Gasteiger partial charge is 0.309 e. The lowest BCUT2D eigenvalue weighted by Gasteiger charge is -2.23. The number of likely N-dealkylation sites (N-methyl/N-ethyl adjacent to an activating group) is 1. The van der Waals surface area contributed by atoms with E-state index in [9.17, 15) is 0 Å². The fraction of sp³-hybridized carbons (Fsp3) is 0.412. The van der Waals surface area contributed by atoms with E-state index in [1.165, 1.54) is 16.3 Å². The SMILES string of the molecule is CCCNC(CN(C)C)c1ccc2ccccc2c1. The Morgan fingerprint density at radius 1 is 1.05 bits per heavy atom. The van der Waals surface area contributed by atoms with Crippen molar-refractivity contribution in [3.63, 3.8) is 0 Å². The predicted molar refractivity (Wildman–Crippen MR) is 83.5 cm³/mol. The first-order chi connectivity index (χ1) is 9.20. The van der Waals surface area contributed by atoms with Crippen molar-refractivity contribution in [2.75, 3.05) is 27.2 Å². The molecule has 0 amide bonds. The molecule has 0 heterocycles. The van der Waals surface area contributed by atoms with E-state index in [1.54, 1.807) is 0 Å². The molecule has 2 aromatic carbocycles. The molecule has 0 radical (unpaired) electrons. The Morgan fingerprint density at radius 3 is 2.47 bits per heavy atom. The maximum absolute atomic E-state index is 3.64. The van der Waals surface area contributed by atoms with Gasteiger partial charge in [0.1, 0.15) is 0 Å². The Morgan fingerprint density at radius 2 is 1.79 bits per heavy atom. The molecule has 1 unspecified atom stereocenters. The van der Waals surface area contributed by atoms with Gasteiger partial charge in [-0.05, 0) is 49.5 Å². The van der Waals surface area contributed by atoms with Crippen LogP contribution in [0.1, 0.15) is 24.9 Å². The molecule has 2 heteroatoms. The Kier molecular flexibility index (Phi) is 4.94. The number of hydrogen-bond acceptors (Lipinski definition) is 2. The third-order valence-electron chi connectivity index (χ3n) is 3.36. The summed E-state index contributed by atoms with van der Waals surface area (Å²) in [5.74, 6) is 0. The molecule has 19 heavy (non-hydrogen) atoms. The van der Waals surface area contributed by atoms with Gasteiger partial charge in [0, 0.05) is 12.6 Å². The normalized spacial score (nSPS) is 13.1. The first-order valence-electron chi connectivity index (χ1n) is 7.07. The maximum Gasteiger partial charge on any atom is 0.0449 e. The number of benzene rings is 2. The van der Waals surface area contributed by atoms with Crippen LogP contribution in [0.25, 0.3) is 10.8 Å². The quantitative estimate of drug-likeness (QED) is 0.851. The van der Waals surface area contributed by atoms with Crippen LogP contribution >= 0.6 is 0 Å². The summed E-state index contributed by atoms with van der Waals surface area (Å²) in [6.07, 6.45) is 1.16. The van der Waals surface area contributed by atoms with Gasteiger partial charge >= 0.3 is 0 Å². The lowest BCUT2D eigenvalue weighted by atomic mass is 10.0. The van der Waals surface area contributed by atoms with E-state index in [1.807, 2.05) is 0 Å². The maximum atomic E-state index is 3.64. The van der Waals surface area contributed by atoms with E-state index in [0.29, 0.717) is 6.04 Å². The fourth-order valence-corrected chi connectivity index (χ4v) is 2.40. The van der Waals surface area contributed by atoms with Gasteiger partial charge in [0.15, 0.2) is 0 Å². The third-order valence-corrected chi connectivity index (χ3v) is 3.36. The molecule has 0 saturated carbocycles.